The van der Waals surface area contributed by atoms with Crippen LogP contribution in [0.25, 0.3) is 0 Å². The molecule has 25 heavy (non-hydrogen) atoms. The van der Waals surface area contributed by atoms with Gasteiger partial charge in [0.25, 0.3) is 0 Å². The highest BCUT2D eigenvalue weighted by molar-refractivity contribution is 7.11. The molecule has 3 rings (SSSR count). The maximum absolute atomic E-state index is 11.8. The summed E-state index contributed by atoms with van der Waals surface area (Å²) in [5, 5.41) is 3.65. The molecule has 0 aliphatic rings. The first kappa shape index (κ1) is 17.2. The summed E-state index contributed by atoms with van der Waals surface area (Å²) in [4.78, 5) is 17.6. The number of carbonyl (C=O) groups is 1. The Morgan fingerprint density at radius 2 is 1.68 bits per heavy atom. The molecule has 4 nitrogen and oxygen atoms in total. The van der Waals surface area contributed by atoms with Gasteiger partial charge in [-0.15, -0.1) is 11.3 Å². The van der Waals surface area contributed by atoms with Crippen LogP contribution in [0.5, 0.6) is 0 Å². The molecule has 0 saturated heterocycles. The lowest BCUT2D eigenvalue weighted by molar-refractivity contribution is 0.139. The summed E-state index contributed by atoms with van der Waals surface area (Å²) in [6.07, 6.45) is 0.435. The number of hydrogen-bond acceptors (Lipinski definition) is 4. The van der Waals surface area contributed by atoms with Gasteiger partial charge in [0.2, 0.25) is 0 Å². The Bertz CT molecular complexity index is 816. The van der Waals surface area contributed by atoms with Gasteiger partial charge >= 0.3 is 6.09 Å². The molecular weight excluding hydrogens is 332 g/mol. The number of rotatable bonds is 6. The fraction of sp³-hybridized carbons (Fsp3) is 0.200. The number of aryl methyl sites for hydroxylation is 1. The van der Waals surface area contributed by atoms with E-state index in [1.807, 2.05) is 55.5 Å². The molecule has 5 heteroatoms. The summed E-state index contributed by atoms with van der Waals surface area (Å²) < 4.78 is 5.21. The van der Waals surface area contributed by atoms with Crippen molar-refractivity contribution in [1.29, 1.82) is 0 Å². The van der Waals surface area contributed by atoms with Gasteiger partial charge in [-0.2, -0.15) is 0 Å². The second-order valence-corrected chi connectivity index (χ2v) is 6.86. The lowest BCUT2D eigenvalue weighted by Crippen LogP contribution is -2.23. The molecule has 0 atom stereocenters. The molecule has 0 radical (unpaired) electrons. The van der Waals surface area contributed by atoms with E-state index in [2.05, 4.69) is 22.4 Å². The van der Waals surface area contributed by atoms with Gasteiger partial charge in [0, 0.05) is 11.3 Å². The number of alkyl carbamates (subject to hydrolysis) is 1. The molecule has 1 aromatic heterocycles. The van der Waals surface area contributed by atoms with Gasteiger partial charge in [0.15, 0.2) is 0 Å². The van der Waals surface area contributed by atoms with Crippen LogP contribution >= 0.6 is 11.3 Å². The molecule has 1 amide bonds. The minimum Gasteiger partial charge on any atom is -0.445 e. The summed E-state index contributed by atoms with van der Waals surface area (Å²) >= 11 is 1.63. The van der Waals surface area contributed by atoms with Crippen molar-refractivity contribution in [2.75, 3.05) is 0 Å². The van der Waals surface area contributed by atoms with Gasteiger partial charge in [-0.3, -0.25) is 0 Å². The highest BCUT2D eigenvalue weighted by Crippen LogP contribution is 2.21. The van der Waals surface area contributed by atoms with Gasteiger partial charge in [-0.1, -0.05) is 60.7 Å². The average Bonchev–Trinajstić information content (AvgIpc) is 2.99. The lowest BCUT2D eigenvalue weighted by atomic mass is 10.1. The molecule has 0 fully saturated rings. The monoisotopic (exact) mass is 352 g/mol. The molecule has 0 spiro atoms. The quantitative estimate of drug-likeness (QED) is 0.712. The van der Waals surface area contributed by atoms with Crippen molar-refractivity contribution in [3.63, 3.8) is 0 Å². The Morgan fingerprint density at radius 1 is 1.04 bits per heavy atom. The molecule has 1 N–H and O–H groups in total. The van der Waals surface area contributed by atoms with Crippen molar-refractivity contribution in [3.05, 3.63) is 87.4 Å². The zero-order valence-electron chi connectivity index (χ0n) is 14.1. The van der Waals surface area contributed by atoms with Gasteiger partial charge in [0.1, 0.15) is 11.6 Å². The number of thiazole rings is 1. The van der Waals surface area contributed by atoms with Crippen molar-refractivity contribution in [2.24, 2.45) is 0 Å². The van der Waals surface area contributed by atoms with Gasteiger partial charge in [0.05, 0.1) is 12.2 Å². The molecule has 0 unspecified atom stereocenters. The molecule has 3 aromatic rings. The predicted molar refractivity (Wildman–Crippen MR) is 99.6 cm³/mol. The highest BCUT2D eigenvalue weighted by atomic mass is 32.1. The van der Waals surface area contributed by atoms with E-state index < -0.39 is 6.09 Å². The number of amides is 1. The number of nitrogens with one attached hydrogen (secondary N) is 1. The van der Waals surface area contributed by atoms with Crippen LogP contribution in [-0.2, 0) is 24.3 Å². The SMILES string of the molecule is Cc1nc(CNC(=O)OCc2ccccc2)sc1Cc1ccccc1. The number of ether oxygens (including phenoxy) is 1. The van der Waals surface area contributed by atoms with E-state index in [4.69, 9.17) is 4.74 Å². The van der Waals surface area contributed by atoms with Crippen LogP contribution in [0, 0.1) is 6.92 Å². The average molecular weight is 352 g/mol. The molecule has 2 aromatic carbocycles. The van der Waals surface area contributed by atoms with Crippen LogP contribution in [-0.4, -0.2) is 11.1 Å². The van der Waals surface area contributed by atoms with Crippen LogP contribution in [0.3, 0.4) is 0 Å². The zero-order valence-corrected chi connectivity index (χ0v) is 14.9. The van der Waals surface area contributed by atoms with Crippen LogP contribution in [0.15, 0.2) is 60.7 Å². The normalized spacial score (nSPS) is 10.4. The van der Waals surface area contributed by atoms with E-state index in [1.165, 1.54) is 10.4 Å². The molecule has 0 aliphatic carbocycles. The molecule has 1 heterocycles. The molecule has 128 valence electrons. The van der Waals surface area contributed by atoms with Crippen LogP contribution in [0.1, 0.15) is 26.7 Å². The molecular formula is C20H20N2O2S. The fourth-order valence-electron chi connectivity index (χ4n) is 2.43. The van der Waals surface area contributed by atoms with Crippen molar-refractivity contribution >= 4 is 17.4 Å². The maximum atomic E-state index is 11.8. The minimum absolute atomic E-state index is 0.267. The molecule has 0 aliphatic heterocycles. The Balaban J connectivity index is 1.50. The Hall–Kier alpha value is -2.66. The third kappa shape index (κ3) is 5.16. The number of aromatic nitrogens is 1. The van der Waals surface area contributed by atoms with Crippen molar-refractivity contribution in [3.8, 4) is 0 Å². The van der Waals surface area contributed by atoms with Crippen LogP contribution in [0.4, 0.5) is 4.79 Å². The summed E-state index contributed by atoms with van der Waals surface area (Å²) in [5.41, 5.74) is 3.24. The topological polar surface area (TPSA) is 51.2 Å². The predicted octanol–water partition coefficient (Wildman–Crippen LogP) is 4.47. The number of benzene rings is 2. The van der Waals surface area contributed by atoms with Crippen molar-refractivity contribution in [2.45, 2.75) is 26.5 Å². The number of nitrogens with zero attached hydrogens (tertiary/aromatic N) is 1. The van der Waals surface area contributed by atoms with Crippen LogP contribution < -0.4 is 5.32 Å². The van der Waals surface area contributed by atoms with E-state index in [0.29, 0.717) is 6.54 Å². The Labute approximate surface area is 151 Å². The van der Waals surface area contributed by atoms with Gasteiger partial charge in [-0.05, 0) is 18.1 Å². The minimum atomic E-state index is -0.429. The highest BCUT2D eigenvalue weighted by Gasteiger charge is 2.10. The summed E-state index contributed by atoms with van der Waals surface area (Å²) in [5.74, 6) is 0. The number of hydrogen-bond donors (Lipinski definition) is 1. The fourth-order valence-corrected chi connectivity index (χ4v) is 3.47. The lowest BCUT2D eigenvalue weighted by Gasteiger charge is -2.05. The van der Waals surface area contributed by atoms with Crippen LogP contribution in [0.2, 0.25) is 0 Å². The smallest absolute Gasteiger partial charge is 0.407 e. The largest absolute Gasteiger partial charge is 0.445 e. The zero-order chi connectivity index (χ0) is 17.5. The third-order valence-corrected chi connectivity index (χ3v) is 4.90. The number of carbonyl (C=O) groups excluding carboxylic acids is 1. The van der Waals surface area contributed by atoms with Crippen molar-refractivity contribution < 1.29 is 9.53 Å². The second kappa shape index (κ2) is 8.44. The van der Waals surface area contributed by atoms with Crippen molar-refractivity contribution in [1.82, 2.24) is 10.3 Å². The first-order valence-electron chi connectivity index (χ1n) is 8.14. The summed E-state index contributed by atoms with van der Waals surface area (Å²) in [7, 11) is 0. The first-order valence-corrected chi connectivity index (χ1v) is 8.96. The molecule has 0 bridgehead atoms. The van der Waals surface area contributed by atoms with E-state index in [1.54, 1.807) is 11.3 Å². The third-order valence-electron chi connectivity index (χ3n) is 3.74. The van der Waals surface area contributed by atoms with E-state index in [-0.39, 0.29) is 6.61 Å². The summed E-state index contributed by atoms with van der Waals surface area (Å²) in [6, 6.07) is 19.9. The van der Waals surface area contributed by atoms with Gasteiger partial charge < -0.3 is 10.1 Å². The maximum Gasteiger partial charge on any atom is 0.407 e. The Kier molecular flexibility index (Phi) is 5.80. The van der Waals surface area contributed by atoms with E-state index in [9.17, 15) is 4.79 Å². The van der Waals surface area contributed by atoms with E-state index in [0.717, 1.165) is 22.7 Å². The first-order chi connectivity index (χ1) is 12.2. The van der Waals surface area contributed by atoms with Gasteiger partial charge in [-0.25, -0.2) is 9.78 Å². The van der Waals surface area contributed by atoms with E-state index >= 15 is 0 Å². The molecule has 0 saturated carbocycles. The second-order valence-electron chi connectivity index (χ2n) is 5.69. The standard InChI is InChI=1S/C20H20N2O2S/c1-15-18(12-16-8-4-2-5-9-16)25-19(22-15)13-21-20(23)24-14-17-10-6-3-7-11-17/h2-11H,12-14H2,1H3,(H,21,23). The summed E-state index contributed by atoms with van der Waals surface area (Å²) in [6.45, 7) is 2.66. The Morgan fingerprint density at radius 3 is 2.36 bits per heavy atom.